The fraction of sp³-hybridized carbons (Fsp3) is 0.261. The van der Waals surface area contributed by atoms with Crippen LogP contribution in [0, 0.1) is 0 Å². The van der Waals surface area contributed by atoms with Gasteiger partial charge in [0.1, 0.15) is 33.8 Å². The molecule has 1 aliphatic rings. The van der Waals surface area contributed by atoms with E-state index in [9.17, 15) is 20.1 Å². The van der Waals surface area contributed by atoms with Crippen LogP contribution in [-0.2, 0) is 6.42 Å². The lowest BCUT2D eigenvalue weighted by atomic mass is 9.93. The number of aromatic hydroxyl groups is 3. The summed E-state index contributed by atoms with van der Waals surface area (Å²) in [5.74, 6) is -0.405. The average molecular weight is 394 g/mol. The first kappa shape index (κ1) is 18.9. The Kier molecular flexibility index (Phi) is 4.12. The molecule has 0 fully saturated rings. The Morgan fingerprint density at radius 1 is 1.14 bits per heavy atom. The van der Waals surface area contributed by atoms with Crippen molar-refractivity contribution in [3.8, 4) is 23.0 Å². The Morgan fingerprint density at radius 2 is 1.86 bits per heavy atom. The summed E-state index contributed by atoms with van der Waals surface area (Å²) in [4.78, 5) is 13.3. The molecule has 6 nitrogen and oxygen atoms in total. The highest BCUT2D eigenvalue weighted by Gasteiger charge is 2.30. The molecule has 150 valence electrons. The van der Waals surface area contributed by atoms with Crippen molar-refractivity contribution in [2.24, 2.45) is 0 Å². The van der Waals surface area contributed by atoms with E-state index in [1.165, 1.54) is 6.07 Å². The summed E-state index contributed by atoms with van der Waals surface area (Å²) in [5, 5.41) is 31.1. The predicted octanol–water partition coefficient (Wildman–Crippen LogP) is 4.76. The number of hydrogen-bond donors (Lipinski definition) is 3. The molecule has 0 amide bonds. The van der Waals surface area contributed by atoms with Crippen LogP contribution in [0.15, 0.2) is 39.1 Å². The molecule has 0 saturated heterocycles. The van der Waals surface area contributed by atoms with Gasteiger partial charge in [-0.15, -0.1) is 0 Å². The smallest absolute Gasteiger partial charge is 0.205 e. The molecule has 0 atom stereocenters. The van der Waals surface area contributed by atoms with E-state index in [4.69, 9.17) is 9.15 Å². The lowest BCUT2D eigenvalue weighted by Gasteiger charge is -2.30. The molecule has 3 N–H and O–H groups in total. The fourth-order valence-corrected chi connectivity index (χ4v) is 3.57. The molecule has 0 aliphatic carbocycles. The zero-order valence-electron chi connectivity index (χ0n) is 16.7. The highest BCUT2D eigenvalue weighted by atomic mass is 16.5. The van der Waals surface area contributed by atoms with E-state index in [2.05, 4.69) is 0 Å². The molecule has 1 aliphatic heterocycles. The van der Waals surface area contributed by atoms with Crippen molar-refractivity contribution < 1.29 is 24.5 Å². The van der Waals surface area contributed by atoms with Gasteiger partial charge in [-0.2, -0.15) is 0 Å². The van der Waals surface area contributed by atoms with E-state index in [0.717, 1.165) is 11.6 Å². The molecule has 0 spiro atoms. The second-order valence-electron chi connectivity index (χ2n) is 8.07. The Balaban J connectivity index is 2.20. The van der Waals surface area contributed by atoms with Crippen LogP contribution < -0.4 is 10.2 Å². The van der Waals surface area contributed by atoms with E-state index in [-0.39, 0.29) is 33.4 Å². The summed E-state index contributed by atoms with van der Waals surface area (Å²) < 4.78 is 11.9. The fourth-order valence-electron chi connectivity index (χ4n) is 3.57. The van der Waals surface area contributed by atoms with Gasteiger partial charge in [0, 0.05) is 23.3 Å². The quantitative estimate of drug-likeness (QED) is 0.428. The van der Waals surface area contributed by atoms with Gasteiger partial charge < -0.3 is 24.5 Å². The maximum atomic E-state index is 13.3. The summed E-state index contributed by atoms with van der Waals surface area (Å²) in [5.41, 5.74) is 0.944. The van der Waals surface area contributed by atoms with Crippen LogP contribution in [0.2, 0.25) is 0 Å². The van der Waals surface area contributed by atoms with Gasteiger partial charge in [0.2, 0.25) is 5.43 Å². The minimum absolute atomic E-state index is 0.00337. The van der Waals surface area contributed by atoms with Crippen LogP contribution in [0.1, 0.15) is 38.8 Å². The molecule has 1 aromatic heterocycles. The molecular weight excluding hydrogens is 372 g/mol. The van der Waals surface area contributed by atoms with Crippen LogP contribution >= 0.6 is 0 Å². The maximum Gasteiger partial charge on any atom is 0.205 e. The van der Waals surface area contributed by atoms with Crippen LogP contribution in [-0.4, -0.2) is 20.9 Å². The van der Waals surface area contributed by atoms with Crippen molar-refractivity contribution in [2.75, 3.05) is 0 Å². The highest BCUT2D eigenvalue weighted by Crippen LogP contribution is 2.45. The molecule has 4 rings (SSSR count). The Hall–Kier alpha value is -3.41. The number of phenolic OH excluding ortho intramolecular Hbond substituents is 3. The van der Waals surface area contributed by atoms with Gasteiger partial charge >= 0.3 is 0 Å². The molecule has 6 heteroatoms. The van der Waals surface area contributed by atoms with E-state index in [1.807, 2.05) is 39.8 Å². The van der Waals surface area contributed by atoms with Gasteiger partial charge in [-0.25, -0.2) is 0 Å². The first-order chi connectivity index (χ1) is 13.6. The maximum absolute atomic E-state index is 13.3. The summed E-state index contributed by atoms with van der Waals surface area (Å²) in [7, 11) is 0. The van der Waals surface area contributed by atoms with Gasteiger partial charge in [0.25, 0.3) is 0 Å². The van der Waals surface area contributed by atoms with Crippen molar-refractivity contribution >= 4 is 28.0 Å². The van der Waals surface area contributed by atoms with Crippen molar-refractivity contribution in [2.45, 2.75) is 39.7 Å². The monoisotopic (exact) mass is 394 g/mol. The first-order valence-electron chi connectivity index (χ1n) is 9.31. The lowest BCUT2D eigenvalue weighted by molar-refractivity contribution is 0.157. The molecule has 0 radical (unpaired) electrons. The van der Waals surface area contributed by atoms with E-state index in [1.54, 1.807) is 6.08 Å². The summed E-state index contributed by atoms with van der Waals surface area (Å²) >= 11 is 0. The lowest BCUT2D eigenvalue weighted by Crippen LogP contribution is -2.28. The summed E-state index contributed by atoms with van der Waals surface area (Å²) in [6, 6.07) is 2.32. The Morgan fingerprint density at radius 3 is 2.55 bits per heavy atom. The van der Waals surface area contributed by atoms with E-state index in [0.29, 0.717) is 23.3 Å². The molecular formula is C23H22O6. The molecule has 0 saturated carbocycles. The van der Waals surface area contributed by atoms with Gasteiger partial charge in [-0.1, -0.05) is 17.7 Å². The number of allylic oxidation sites excluding steroid dienone is 2. The van der Waals surface area contributed by atoms with Gasteiger partial charge in [0.05, 0.1) is 5.39 Å². The number of rotatable bonds is 2. The summed E-state index contributed by atoms with van der Waals surface area (Å²) in [6.07, 6.45) is 5.96. The van der Waals surface area contributed by atoms with Gasteiger partial charge in [-0.05, 0) is 40.2 Å². The van der Waals surface area contributed by atoms with Gasteiger partial charge in [-0.3, -0.25) is 4.79 Å². The topological polar surface area (TPSA) is 100 Å². The zero-order valence-corrected chi connectivity index (χ0v) is 16.7. The third-order valence-corrected chi connectivity index (χ3v) is 4.98. The minimum atomic E-state index is -0.613. The van der Waals surface area contributed by atoms with Crippen molar-refractivity contribution in [3.05, 3.63) is 51.2 Å². The van der Waals surface area contributed by atoms with Crippen LogP contribution in [0.3, 0.4) is 0 Å². The normalized spacial score (nSPS) is 14.6. The van der Waals surface area contributed by atoms with E-state index < -0.39 is 16.8 Å². The Labute approximate surface area is 167 Å². The third-order valence-electron chi connectivity index (χ3n) is 4.98. The second kappa shape index (κ2) is 6.30. The molecule has 0 bridgehead atoms. The van der Waals surface area contributed by atoms with Crippen LogP contribution in [0.5, 0.6) is 23.0 Å². The van der Waals surface area contributed by atoms with Crippen LogP contribution in [0.4, 0.5) is 0 Å². The minimum Gasteiger partial charge on any atom is -0.508 e. The molecule has 2 aromatic carbocycles. The Bertz CT molecular complexity index is 1290. The number of fused-ring (bicyclic) bond motifs is 4. The number of phenols is 3. The standard InChI is InChI=1S/C23H22O6/c1-11(2)5-6-14-19(26)22-17(13-7-8-23(3,4)29-21(13)14)20(27)18-15(25)9-12(24)10-16(18)28-22/h5,7-10,24-26H,6H2,1-4H3. The summed E-state index contributed by atoms with van der Waals surface area (Å²) in [6.45, 7) is 7.68. The largest absolute Gasteiger partial charge is 0.508 e. The first-order valence-corrected chi connectivity index (χ1v) is 9.31. The number of ether oxygens (including phenoxy) is 1. The van der Waals surface area contributed by atoms with E-state index >= 15 is 0 Å². The number of hydrogen-bond acceptors (Lipinski definition) is 6. The molecule has 3 aromatic rings. The number of benzene rings is 2. The SMILES string of the molecule is CC(C)=CCc1c2c(c3c(=O)c4c(O)cc(O)cc4oc3c1O)C=CC(C)(C)O2. The zero-order chi connectivity index (χ0) is 21.1. The van der Waals surface area contributed by atoms with Crippen LogP contribution in [0.25, 0.3) is 28.0 Å². The van der Waals surface area contributed by atoms with Crippen molar-refractivity contribution in [1.29, 1.82) is 0 Å². The third kappa shape index (κ3) is 3.01. The van der Waals surface area contributed by atoms with Crippen molar-refractivity contribution in [3.63, 3.8) is 0 Å². The van der Waals surface area contributed by atoms with Gasteiger partial charge in [0.15, 0.2) is 11.3 Å². The molecule has 29 heavy (non-hydrogen) atoms. The molecule has 2 heterocycles. The van der Waals surface area contributed by atoms with Crippen molar-refractivity contribution in [1.82, 2.24) is 0 Å². The second-order valence-corrected chi connectivity index (χ2v) is 8.07. The molecule has 0 unspecified atom stereocenters. The average Bonchev–Trinajstić information content (AvgIpc) is 2.60. The highest BCUT2D eigenvalue weighted by molar-refractivity contribution is 6.02. The predicted molar refractivity (Wildman–Crippen MR) is 112 cm³/mol.